The Morgan fingerprint density at radius 3 is 1.49 bits per heavy atom. The van der Waals surface area contributed by atoms with Crippen LogP contribution in [0.4, 0.5) is 0 Å². The minimum Gasteiger partial charge on any atom is -0.292 e. The maximum absolute atomic E-state index is 5.12. The van der Waals surface area contributed by atoms with Gasteiger partial charge in [0.2, 0.25) is 0 Å². The molecule has 0 amide bonds. The van der Waals surface area contributed by atoms with Crippen LogP contribution in [0.5, 0.6) is 0 Å². The molecule has 250 valence electrons. The highest BCUT2D eigenvalue weighted by molar-refractivity contribution is 5.87. The third-order valence-corrected chi connectivity index (χ3v) is 9.61. The van der Waals surface area contributed by atoms with Crippen molar-refractivity contribution >= 4 is 22.1 Å². The molecule has 0 aliphatic carbocycles. The molecular formula is C46H31N7. The molecule has 0 aliphatic rings. The highest BCUT2D eigenvalue weighted by Crippen LogP contribution is 2.37. The Labute approximate surface area is 305 Å². The van der Waals surface area contributed by atoms with Crippen LogP contribution >= 0.6 is 0 Å². The number of nitrogens with zero attached hydrogens (tertiary/aromatic N) is 7. The first-order valence-corrected chi connectivity index (χ1v) is 17.6. The van der Waals surface area contributed by atoms with Crippen molar-refractivity contribution in [3.05, 3.63) is 188 Å². The minimum absolute atomic E-state index is 0.724. The smallest absolute Gasteiger partial charge is 0.170 e. The molecule has 0 saturated carbocycles. The third-order valence-electron chi connectivity index (χ3n) is 9.61. The Hall–Kier alpha value is -7.38. The van der Waals surface area contributed by atoms with Gasteiger partial charge in [0.1, 0.15) is 11.6 Å². The maximum Gasteiger partial charge on any atom is 0.170 e. The van der Waals surface area contributed by atoms with Gasteiger partial charge in [-0.2, -0.15) is 0 Å². The lowest BCUT2D eigenvalue weighted by molar-refractivity contribution is 1.05. The van der Waals surface area contributed by atoms with Crippen LogP contribution in [0.15, 0.2) is 188 Å². The topological polar surface area (TPSA) is 66.3 Å². The first-order chi connectivity index (χ1) is 26.3. The molecule has 53 heavy (non-hydrogen) atoms. The van der Waals surface area contributed by atoms with Crippen molar-refractivity contribution in [2.45, 2.75) is 0 Å². The van der Waals surface area contributed by atoms with Gasteiger partial charge in [-0.3, -0.25) is 13.7 Å². The molecule has 0 bridgehead atoms. The molecule has 3 aromatic heterocycles. The lowest BCUT2D eigenvalue weighted by Crippen LogP contribution is -2.05. The maximum atomic E-state index is 5.12. The summed E-state index contributed by atoms with van der Waals surface area (Å²) in [5.74, 6) is 3.19. The highest BCUT2D eigenvalue weighted by atomic mass is 15.3. The van der Waals surface area contributed by atoms with Crippen LogP contribution in [-0.4, -0.2) is 33.9 Å². The second-order valence-corrected chi connectivity index (χ2v) is 12.8. The minimum atomic E-state index is 0.724. The first-order valence-electron chi connectivity index (χ1n) is 17.6. The number of hydrogen-bond donors (Lipinski definition) is 0. The first kappa shape index (κ1) is 30.4. The molecule has 10 rings (SSSR count). The summed E-state index contributed by atoms with van der Waals surface area (Å²) in [5, 5.41) is 9.89. The molecule has 7 nitrogen and oxygen atoms in total. The van der Waals surface area contributed by atoms with Gasteiger partial charge in [-0.1, -0.05) is 127 Å². The van der Waals surface area contributed by atoms with E-state index in [1.165, 1.54) is 0 Å². The zero-order chi connectivity index (χ0) is 35.1. The van der Waals surface area contributed by atoms with Crippen LogP contribution in [0.1, 0.15) is 0 Å². The number of fused-ring (bicyclic) bond motifs is 2. The highest BCUT2D eigenvalue weighted by Gasteiger charge is 2.23. The summed E-state index contributed by atoms with van der Waals surface area (Å²) in [4.78, 5) is 10.2. The van der Waals surface area contributed by atoms with E-state index in [9.17, 15) is 0 Å². The predicted octanol–water partition coefficient (Wildman–Crippen LogP) is 10.6. The van der Waals surface area contributed by atoms with Crippen molar-refractivity contribution in [2.24, 2.45) is 0 Å². The van der Waals surface area contributed by atoms with Gasteiger partial charge in [0, 0.05) is 33.6 Å². The summed E-state index contributed by atoms with van der Waals surface area (Å²) in [6, 6.07) is 64.4. The zero-order valence-corrected chi connectivity index (χ0v) is 28.5. The summed E-state index contributed by atoms with van der Waals surface area (Å²) in [5.41, 5.74) is 10.7. The van der Waals surface area contributed by atoms with E-state index in [1.807, 2.05) is 66.7 Å². The fourth-order valence-corrected chi connectivity index (χ4v) is 7.23. The Kier molecular flexibility index (Phi) is 7.32. The van der Waals surface area contributed by atoms with Gasteiger partial charge < -0.3 is 0 Å². The van der Waals surface area contributed by atoms with Crippen LogP contribution in [0.25, 0.3) is 84.7 Å². The van der Waals surface area contributed by atoms with Crippen molar-refractivity contribution in [1.82, 2.24) is 33.9 Å². The molecule has 0 spiro atoms. The summed E-state index contributed by atoms with van der Waals surface area (Å²) < 4.78 is 6.62. The van der Waals surface area contributed by atoms with Gasteiger partial charge in [0.25, 0.3) is 0 Å². The Balaban J connectivity index is 1.19. The lowest BCUT2D eigenvalue weighted by atomic mass is 10.1. The number of rotatable bonds is 7. The summed E-state index contributed by atoms with van der Waals surface area (Å²) in [7, 11) is 0. The summed E-state index contributed by atoms with van der Waals surface area (Å²) in [6.45, 7) is 0. The van der Waals surface area contributed by atoms with Gasteiger partial charge in [0.15, 0.2) is 11.6 Å². The van der Waals surface area contributed by atoms with E-state index in [2.05, 4.69) is 135 Å². The van der Waals surface area contributed by atoms with E-state index in [1.54, 1.807) is 0 Å². The van der Waals surface area contributed by atoms with Crippen LogP contribution < -0.4 is 0 Å². The second kappa shape index (κ2) is 12.7. The van der Waals surface area contributed by atoms with E-state index in [4.69, 9.17) is 20.2 Å². The predicted molar refractivity (Wildman–Crippen MR) is 212 cm³/mol. The van der Waals surface area contributed by atoms with Crippen molar-refractivity contribution in [3.63, 3.8) is 0 Å². The molecular weight excluding hydrogens is 651 g/mol. The van der Waals surface area contributed by atoms with Crippen molar-refractivity contribution in [1.29, 1.82) is 0 Å². The average Bonchev–Trinajstić information content (AvgIpc) is 3.96. The molecule has 0 radical (unpaired) electrons. The fourth-order valence-electron chi connectivity index (χ4n) is 7.23. The van der Waals surface area contributed by atoms with Gasteiger partial charge in [-0.25, -0.2) is 9.97 Å². The summed E-state index contributed by atoms with van der Waals surface area (Å²) in [6.07, 6.45) is 0. The van der Waals surface area contributed by atoms with E-state index in [0.29, 0.717) is 0 Å². The Morgan fingerprint density at radius 1 is 0.321 bits per heavy atom. The van der Waals surface area contributed by atoms with Gasteiger partial charge >= 0.3 is 0 Å². The standard InChI is InChI=1S/C46H31N7/c1-4-17-32(18-5-1)43-47-38-26-11-14-29-41(38)51(43)36-24-16-21-34(31-36)45-49-50-46(52(45)35-22-8-3-9-23-35)37-25-10-13-28-40(37)53-42-30-15-12-27-39(42)48-44(53)33-19-6-2-7-20-33/h1-31H. The van der Waals surface area contributed by atoms with Crippen LogP contribution in [0, 0.1) is 0 Å². The molecule has 0 aliphatic heterocycles. The SMILES string of the molecule is c1ccc(-c2nc3ccccc3n2-c2cccc(-c3nnc(-c4ccccc4-n4c(-c5ccccc5)nc5ccccc54)n3-c3ccccc3)c2)cc1. The molecule has 0 unspecified atom stereocenters. The number of hydrogen-bond acceptors (Lipinski definition) is 4. The van der Waals surface area contributed by atoms with Crippen molar-refractivity contribution in [3.8, 4) is 62.6 Å². The summed E-state index contributed by atoms with van der Waals surface area (Å²) >= 11 is 0. The Morgan fingerprint density at radius 2 is 0.811 bits per heavy atom. The fraction of sp³-hybridized carbons (Fsp3) is 0. The average molecular weight is 682 g/mol. The molecule has 0 atom stereocenters. The third kappa shape index (κ3) is 5.22. The number of benzene rings is 7. The van der Waals surface area contributed by atoms with Gasteiger partial charge in [0.05, 0.1) is 27.8 Å². The van der Waals surface area contributed by atoms with Gasteiger partial charge in [-0.15, -0.1) is 10.2 Å². The molecule has 0 fully saturated rings. The van der Waals surface area contributed by atoms with Crippen molar-refractivity contribution < 1.29 is 0 Å². The van der Waals surface area contributed by atoms with Crippen molar-refractivity contribution in [2.75, 3.05) is 0 Å². The molecule has 0 saturated heterocycles. The molecule has 7 aromatic carbocycles. The second-order valence-electron chi connectivity index (χ2n) is 12.8. The van der Waals surface area contributed by atoms with Crippen LogP contribution in [0.3, 0.4) is 0 Å². The van der Waals surface area contributed by atoms with Crippen LogP contribution in [-0.2, 0) is 0 Å². The van der Waals surface area contributed by atoms with E-state index in [-0.39, 0.29) is 0 Å². The van der Waals surface area contributed by atoms with Gasteiger partial charge in [-0.05, 0) is 60.7 Å². The number of aromatic nitrogens is 7. The molecule has 10 aromatic rings. The normalized spacial score (nSPS) is 11.4. The van der Waals surface area contributed by atoms with E-state index in [0.717, 1.165) is 84.7 Å². The Bertz CT molecular complexity index is 2890. The van der Waals surface area contributed by atoms with Crippen LogP contribution in [0.2, 0.25) is 0 Å². The molecule has 3 heterocycles. The molecule has 7 heteroatoms. The molecule has 0 N–H and O–H groups in total. The number of para-hydroxylation sites is 6. The largest absolute Gasteiger partial charge is 0.292 e. The monoisotopic (exact) mass is 681 g/mol. The zero-order valence-electron chi connectivity index (χ0n) is 28.5. The quantitative estimate of drug-likeness (QED) is 0.168. The number of imidazole rings is 2. The lowest BCUT2D eigenvalue weighted by Gasteiger charge is -2.16. The van der Waals surface area contributed by atoms with E-state index < -0.39 is 0 Å². The van der Waals surface area contributed by atoms with E-state index >= 15 is 0 Å².